The molecule has 3 fully saturated rings. The Hall–Kier alpha value is -0.870. The van der Waals surface area contributed by atoms with Gasteiger partial charge in [-0.15, -0.1) is 0 Å². The van der Waals surface area contributed by atoms with Gasteiger partial charge in [-0.3, -0.25) is 4.79 Å². The topological polar surface area (TPSA) is 44.8 Å². The smallest absolute Gasteiger partial charge is 0.309 e. The third-order valence-electron chi connectivity index (χ3n) is 5.63. The predicted molar refractivity (Wildman–Crippen MR) is 74.0 cm³/mol. The van der Waals surface area contributed by atoms with Gasteiger partial charge in [0, 0.05) is 12.8 Å². The highest BCUT2D eigenvalue weighted by molar-refractivity contribution is 5.74. The standard InChI is InChI=1S/C16H24O4/c1-11-5-4-6-15(2)12(11)9-16(19-7-8-20-16)10-13(15)14(17)18-3/h12-13H,1,4-10H2,2-3H3/t12-,13+,15-/m1/s1. The zero-order chi connectivity index (χ0) is 14.4. The minimum absolute atomic E-state index is 0.0665. The summed E-state index contributed by atoms with van der Waals surface area (Å²) in [6, 6.07) is 0. The van der Waals surface area contributed by atoms with Crippen molar-refractivity contribution in [1.29, 1.82) is 0 Å². The zero-order valence-electron chi connectivity index (χ0n) is 12.4. The first-order valence-corrected chi connectivity index (χ1v) is 7.54. The molecule has 0 aromatic rings. The van der Waals surface area contributed by atoms with Crippen LogP contribution in [0.1, 0.15) is 39.0 Å². The van der Waals surface area contributed by atoms with E-state index in [0.29, 0.717) is 19.6 Å². The van der Waals surface area contributed by atoms with Gasteiger partial charge < -0.3 is 14.2 Å². The van der Waals surface area contributed by atoms with Gasteiger partial charge in [0.25, 0.3) is 0 Å². The lowest BCUT2D eigenvalue weighted by molar-refractivity contribution is -0.226. The zero-order valence-corrected chi connectivity index (χ0v) is 12.4. The number of hydrogen-bond acceptors (Lipinski definition) is 4. The molecule has 3 atom stereocenters. The monoisotopic (exact) mass is 280 g/mol. The molecule has 0 bridgehead atoms. The third kappa shape index (κ3) is 2.01. The van der Waals surface area contributed by atoms with Gasteiger partial charge in [-0.25, -0.2) is 0 Å². The fourth-order valence-electron chi connectivity index (χ4n) is 4.47. The van der Waals surface area contributed by atoms with Crippen LogP contribution in [0.3, 0.4) is 0 Å². The lowest BCUT2D eigenvalue weighted by atomic mass is 9.53. The molecule has 1 heterocycles. The van der Waals surface area contributed by atoms with Crippen LogP contribution in [0, 0.1) is 17.3 Å². The second-order valence-electron chi connectivity index (χ2n) is 6.66. The van der Waals surface area contributed by atoms with Gasteiger partial charge in [0.1, 0.15) is 0 Å². The largest absolute Gasteiger partial charge is 0.469 e. The van der Waals surface area contributed by atoms with E-state index in [4.69, 9.17) is 14.2 Å². The fourth-order valence-corrected chi connectivity index (χ4v) is 4.47. The summed E-state index contributed by atoms with van der Waals surface area (Å²) in [5.41, 5.74) is 1.18. The molecule has 1 saturated heterocycles. The summed E-state index contributed by atoms with van der Waals surface area (Å²) in [4.78, 5) is 12.3. The Labute approximate surface area is 120 Å². The number of carbonyl (C=O) groups is 1. The van der Waals surface area contributed by atoms with Gasteiger partial charge in [-0.05, 0) is 30.6 Å². The Bertz CT molecular complexity index is 424. The van der Waals surface area contributed by atoms with Crippen molar-refractivity contribution in [1.82, 2.24) is 0 Å². The van der Waals surface area contributed by atoms with Gasteiger partial charge in [-0.2, -0.15) is 0 Å². The first-order chi connectivity index (χ1) is 9.51. The van der Waals surface area contributed by atoms with Crippen LogP contribution >= 0.6 is 0 Å². The molecule has 0 radical (unpaired) electrons. The summed E-state index contributed by atoms with van der Waals surface area (Å²) in [5.74, 6) is -0.609. The molecular weight excluding hydrogens is 256 g/mol. The minimum atomic E-state index is -0.594. The number of ether oxygens (including phenoxy) is 3. The van der Waals surface area contributed by atoms with Crippen LogP contribution in [-0.2, 0) is 19.0 Å². The average Bonchev–Trinajstić information content (AvgIpc) is 2.88. The third-order valence-corrected chi connectivity index (χ3v) is 5.63. The number of fused-ring (bicyclic) bond motifs is 1. The van der Waals surface area contributed by atoms with Crippen LogP contribution < -0.4 is 0 Å². The summed E-state index contributed by atoms with van der Waals surface area (Å²) in [6.07, 6.45) is 4.64. The molecule has 3 aliphatic rings. The average molecular weight is 280 g/mol. The van der Waals surface area contributed by atoms with Gasteiger partial charge in [0.2, 0.25) is 0 Å². The van der Waals surface area contributed by atoms with Crippen molar-refractivity contribution in [2.45, 2.75) is 44.8 Å². The van der Waals surface area contributed by atoms with Crippen LogP contribution in [0.4, 0.5) is 0 Å². The summed E-state index contributed by atoms with van der Waals surface area (Å²) in [6.45, 7) is 7.70. The van der Waals surface area contributed by atoms with E-state index in [9.17, 15) is 4.79 Å². The molecule has 1 aliphatic heterocycles. The second kappa shape index (κ2) is 4.85. The van der Waals surface area contributed by atoms with Gasteiger partial charge in [0.15, 0.2) is 5.79 Å². The lowest BCUT2D eigenvalue weighted by Gasteiger charge is -2.54. The Morgan fingerprint density at radius 3 is 2.70 bits per heavy atom. The maximum atomic E-state index is 12.3. The normalized spacial score (nSPS) is 39.6. The summed E-state index contributed by atoms with van der Waals surface area (Å²) < 4.78 is 16.8. The van der Waals surface area contributed by atoms with Crippen LogP contribution in [0.2, 0.25) is 0 Å². The molecule has 20 heavy (non-hydrogen) atoms. The number of rotatable bonds is 1. The highest BCUT2D eigenvalue weighted by atomic mass is 16.7. The van der Waals surface area contributed by atoms with Crippen molar-refractivity contribution in [2.75, 3.05) is 20.3 Å². The number of allylic oxidation sites excluding steroid dienone is 1. The van der Waals surface area contributed by atoms with Gasteiger partial charge in [0.05, 0.1) is 26.2 Å². The maximum absolute atomic E-state index is 12.3. The molecule has 0 aromatic carbocycles. The molecule has 3 rings (SSSR count). The van der Waals surface area contributed by atoms with E-state index >= 15 is 0 Å². The molecular formula is C16H24O4. The van der Waals surface area contributed by atoms with Crippen molar-refractivity contribution in [3.63, 3.8) is 0 Å². The van der Waals surface area contributed by atoms with Crippen molar-refractivity contribution in [3.8, 4) is 0 Å². The summed E-state index contributed by atoms with van der Waals surface area (Å²) >= 11 is 0. The molecule has 4 heteroatoms. The lowest BCUT2D eigenvalue weighted by Crippen LogP contribution is -2.54. The number of hydrogen-bond donors (Lipinski definition) is 0. The second-order valence-corrected chi connectivity index (χ2v) is 6.66. The molecule has 112 valence electrons. The summed E-state index contributed by atoms with van der Waals surface area (Å²) in [5, 5.41) is 0. The number of carbonyl (C=O) groups excluding carboxylic acids is 1. The Morgan fingerprint density at radius 1 is 1.35 bits per heavy atom. The van der Waals surface area contributed by atoms with E-state index in [1.807, 2.05) is 0 Å². The molecule has 0 N–H and O–H groups in total. The molecule has 2 aliphatic carbocycles. The summed E-state index contributed by atoms with van der Waals surface area (Å²) in [7, 11) is 1.47. The molecule has 0 amide bonds. The predicted octanol–water partition coefficient (Wildman–Crippen LogP) is 2.68. The van der Waals surface area contributed by atoms with E-state index in [2.05, 4.69) is 13.5 Å². The van der Waals surface area contributed by atoms with E-state index in [1.165, 1.54) is 12.7 Å². The van der Waals surface area contributed by atoms with E-state index in [0.717, 1.165) is 25.7 Å². The highest BCUT2D eigenvalue weighted by Gasteiger charge is 2.58. The van der Waals surface area contributed by atoms with Crippen LogP contribution in [0.25, 0.3) is 0 Å². The molecule has 1 spiro atoms. The molecule has 4 nitrogen and oxygen atoms in total. The van der Waals surface area contributed by atoms with E-state index in [1.54, 1.807) is 0 Å². The fraction of sp³-hybridized carbons (Fsp3) is 0.812. The van der Waals surface area contributed by atoms with Gasteiger partial charge >= 0.3 is 5.97 Å². The van der Waals surface area contributed by atoms with Crippen molar-refractivity contribution in [2.24, 2.45) is 17.3 Å². The quantitative estimate of drug-likeness (QED) is 0.547. The Balaban J connectivity index is 1.97. The van der Waals surface area contributed by atoms with Crippen LogP contribution in [0.15, 0.2) is 12.2 Å². The molecule has 2 saturated carbocycles. The van der Waals surface area contributed by atoms with Crippen LogP contribution in [-0.4, -0.2) is 32.1 Å². The Kier molecular flexibility index (Phi) is 3.41. The van der Waals surface area contributed by atoms with Crippen LogP contribution in [0.5, 0.6) is 0 Å². The van der Waals surface area contributed by atoms with Gasteiger partial charge in [-0.1, -0.05) is 19.1 Å². The molecule has 0 unspecified atom stereocenters. The number of esters is 1. The van der Waals surface area contributed by atoms with Crippen molar-refractivity contribution < 1.29 is 19.0 Å². The first kappa shape index (κ1) is 14.1. The SMILES string of the molecule is C=C1CCC[C@]2(C)[C@@H]1CC1(C[C@H]2C(=O)OC)OCCO1. The van der Waals surface area contributed by atoms with Crippen molar-refractivity contribution >= 4 is 5.97 Å². The van der Waals surface area contributed by atoms with E-state index < -0.39 is 5.79 Å². The number of methoxy groups -OCH3 is 1. The Morgan fingerprint density at radius 2 is 2.05 bits per heavy atom. The first-order valence-electron chi connectivity index (χ1n) is 7.54. The molecule has 0 aromatic heterocycles. The maximum Gasteiger partial charge on any atom is 0.309 e. The van der Waals surface area contributed by atoms with E-state index in [-0.39, 0.29) is 23.2 Å². The minimum Gasteiger partial charge on any atom is -0.469 e. The highest BCUT2D eigenvalue weighted by Crippen LogP contribution is 2.59. The van der Waals surface area contributed by atoms with Crippen molar-refractivity contribution in [3.05, 3.63) is 12.2 Å².